The number of piperazine rings is 1. The molecule has 1 amide bonds. The fourth-order valence-electron chi connectivity index (χ4n) is 3.35. The molecule has 3 rings (SSSR count). The van der Waals surface area contributed by atoms with Crippen LogP contribution in [-0.4, -0.2) is 57.2 Å². The van der Waals surface area contributed by atoms with Gasteiger partial charge in [0.25, 0.3) is 5.91 Å². The number of hydrogen-bond acceptors (Lipinski definition) is 6. The SMILES string of the molecule is CCN1CCN(c2ccccc2NC(=O)COc2ccc(C#N)cc2OC)CC1. The number of carbonyl (C=O) groups is 1. The topological polar surface area (TPSA) is 77.8 Å². The quantitative estimate of drug-likeness (QED) is 0.778. The monoisotopic (exact) mass is 394 g/mol. The van der Waals surface area contributed by atoms with Gasteiger partial charge in [0, 0.05) is 32.2 Å². The van der Waals surface area contributed by atoms with Crippen molar-refractivity contribution in [2.45, 2.75) is 6.92 Å². The van der Waals surface area contributed by atoms with E-state index in [1.54, 1.807) is 18.2 Å². The molecule has 1 fully saturated rings. The number of nitrogens with one attached hydrogen (secondary N) is 1. The Labute approximate surface area is 171 Å². The zero-order valence-electron chi connectivity index (χ0n) is 16.9. The van der Waals surface area contributed by atoms with Crippen molar-refractivity contribution in [1.29, 1.82) is 5.26 Å². The summed E-state index contributed by atoms with van der Waals surface area (Å²) in [6.07, 6.45) is 0. The van der Waals surface area contributed by atoms with Crippen molar-refractivity contribution in [3.63, 3.8) is 0 Å². The molecule has 1 N–H and O–H groups in total. The second kappa shape index (κ2) is 9.80. The molecule has 0 spiro atoms. The van der Waals surface area contributed by atoms with Gasteiger partial charge < -0.3 is 24.6 Å². The van der Waals surface area contributed by atoms with Crippen molar-refractivity contribution >= 4 is 17.3 Å². The van der Waals surface area contributed by atoms with Crippen molar-refractivity contribution in [3.8, 4) is 17.6 Å². The van der Waals surface area contributed by atoms with Gasteiger partial charge in [0.1, 0.15) is 0 Å². The van der Waals surface area contributed by atoms with E-state index in [-0.39, 0.29) is 12.5 Å². The summed E-state index contributed by atoms with van der Waals surface area (Å²) in [5, 5.41) is 11.9. The van der Waals surface area contributed by atoms with Crippen molar-refractivity contribution in [2.75, 3.05) is 56.7 Å². The Morgan fingerprint density at radius 1 is 1.14 bits per heavy atom. The number of hydrogen-bond donors (Lipinski definition) is 1. The number of nitrogens with zero attached hydrogens (tertiary/aromatic N) is 3. The molecule has 0 unspecified atom stereocenters. The normalized spacial score (nSPS) is 14.2. The summed E-state index contributed by atoms with van der Waals surface area (Å²) in [4.78, 5) is 17.2. The summed E-state index contributed by atoms with van der Waals surface area (Å²) in [6, 6.07) is 14.7. The van der Waals surface area contributed by atoms with Crippen molar-refractivity contribution in [2.24, 2.45) is 0 Å². The average molecular weight is 394 g/mol. The number of benzene rings is 2. The van der Waals surface area contributed by atoms with Gasteiger partial charge in [-0.25, -0.2) is 0 Å². The maximum Gasteiger partial charge on any atom is 0.262 e. The van der Waals surface area contributed by atoms with E-state index in [9.17, 15) is 4.79 Å². The largest absolute Gasteiger partial charge is 0.493 e. The molecule has 0 saturated carbocycles. The Kier molecular flexibility index (Phi) is 6.93. The van der Waals surface area contributed by atoms with Crippen LogP contribution in [0.1, 0.15) is 12.5 Å². The van der Waals surface area contributed by atoms with Gasteiger partial charge in [-0.05, 0) is 30.8 Å². The number of nitriles is 1. The van der Waals surface area contributed by atoms with E-state index in [0.717, 1.165) is 44.1 Å². The molecule has 0 bridgehead atoms. The van der Waals surface area contributed by atoms with Gasteiger partial charge in [-0.15, -0.1) is 0 Å². The zero-order valence-corrected chi connectivity index (χ0v) is 16.9. The van der Waals surface area contributed by atoms with Crippen LogP contribution in [0, 0.1) is 11.3 Å². The lowest BCUT2D eigenvalue weighted by Gasteiger charge is -2.36. The number of methoxy groups -OCH3 is 1. The number of para-hydroxylation sites is 2. The van der Waals surface area contributed by atoms with Crippen LogP contribution >= 0.6 is 0 Å². The molecule has 0 aliphatic carbocycles. The first-order chi connectivity index (χ1) is 14.1. The first-order valence-corrected chi connectivity index (χ1v) is 9.71. The van der Waals surface area contributed by atoms with Crippen LogP contribution in [0.15, 0.2) is 42.5 Å². The number of carbonyl (C=O) groups excluding carboxylic acids is 1. The Morgan fingerprint density at radius 2 is 1.90 bits per heavy atom. The number of amides is 1. The van der Waals surface area contributed by atoms with Crippen LogP contribution < -0.4 is 19.7 Å². The smallest absolute Gasteiger partial charge is 0.262 e. The highest BCUT2D eigenvalue weighted by molar-refractivity contribution is 5.95. The van der Waals surface area contributed by atoms with Crippen LogP contribution in [0.4, 0.5) is 11.4 Å². The standard InChI is InChI=1S/C22H26N4O3/c1-3-25-10-12-26(13-11-25)19-7-5-4-6-18(19)24-22(27)16-29-20-9-8-17(15-23)14-21(20)28-2/h4-9,14H,3,10-13,16H2,1-2H3,(H,24,27). The van der Waals surface area contributed by atoms with E-state index >= 15 is 0 Å². The molecule has 29 heavy (non-hydrogen) atoms. The second-order valence-electron chi connectivity index (χ2n) is 6.75. The highest BCUT2D eigenvalue weighted by Crippen LogP contribution is 2.29. The lowest BCUT2D eigenvalue weighted by molar-refractivity contribution is -0.118. The summed E-state index contributed by atoms with van der Waals surface area (Å²) < 4.78 is 10.8. The van der Waals surface area contributed by atoms with Gasteiger partial charge in [-0.2, -0.15) is 5.26 Å². The minimum atomic E-state index is -0.254. The molecule has 7 nitrogen and oxygen atoms in total. The predicted octanol–water partition coefficient (Wildman–Crippen LogP) is 2.73. The third-order valence-electron chi connectivity index (χ3n) is 4.99. The third-order valence-corrected chi connectivity index (χ3v) is 4.99. The van der Waals surface area contributed by atoms with Crippen molar-refractivity contribution in [3.05, 3.63) is 48.0 Å². The molecule has 2 aromatic rings. The van der Waals surface area contributed by atoms with E-state index in [2.05, 4.69) is 22.0 Å². The number of anilines is 2. The van der Waals surface area contributed by atoms with Gasteiger partial charge in [-0.1, -0.05) is 19.1 Å². The number of ether oxygens (including phenoxy) is 2. The number of rotatable bonds is 7. The van der Waals surface area contributed by atoms with Gasteiger partial charge in [0.05, 0.1) is 30.1 Å². The minimum absolute atomic E-state index is 0.153. The summed E-state index contributed by atoms with van der Waals surface area (Å²) in [6.45, 7) is 6.97. The van der Waals surface area contributed by atoms with Crippen LogP contribution in [0.5, 0.6) is 11.5 Å². The molecule has 1 saturated heterocycles. The zero-order chi connectivity index (χ0) is 20.6. The van der Waals surface area contributed by atoms with E-state index in [1.165, 1.54) is 7.11 Å². The Bertz CT molecular complexity index is 886. The summed E-state index contributed by atoms with van der Waals surface area (Å²) in [5.74, 6) is 0.590. The van der Waals surface area contributed by atoms with Gasteiger partial charge in [0.15, 0.2) is 18.1 Å². The van der Waals surface area contributed by atoms with Crippen molar-refractivity contribution in [1.82, 2.24) is 4.90 Å². The second-order valence-corrected chi connectivity index (χ2v) is 6.75. The van der Waals surface area contributed by atoms with E-state index in [4.69, 9.17) is 14.7 Å². The maximum atomic E-state index is 12.5. The molecule has 0 aromatic heterocycles. The minimum Gasteiger partial charge on any atom is -0.493 e. The Morgan fingerprint density at radius 3 is 2.59 bits per heavy atom. The summed E-state index contributed by atoms with van der Waals surface area (Å²) in [7, 11) is 1.50. The third kappa shape index (κ3) is 5.18. The number of likely N-dealkylation sites (N-methyl/N-ethyl adjacent to an activating group) is 1. The molecule has 0 atom stereocenters. The molecule has 7 heteroatoms. The van der Waals surface area contributed by atoms with Gasteiger partial charge in [0.2, 0.25) is 0 Å². The van der Waals surface area contributed by atoms with Crippen LogP contribution in [0.2, 0.25) is 0 Å². The van der Waals surface area contributed by atoms with E-state index in [0.29, 0.717) is 17.1 Å². The molecular formula is C22H26N4O3. The first-order valence-electron chi connectivity index (χ1n) is 9.71. The summed E-state index contributed by atoms with van der Waals surface area (Å²) >= 11 is 0. The van der Waals surface area contributed by atoms with E-state index in [1.807, 2.05) is 30.3 Å². The van der Waals surface area contributed by atoms with Gasteiger partial charge >= 0.3 is 0 Å². The Hall–Kier alpha value is -3.24. The van der Waals surface area contributed by atoms with Crippen LogP contribution in [0.25, 0.3) is 0 Å². The molecule has 1 heterocycles. The predicted molar refractivity (Wildman–Crippen MR) is 113 cm³/mol. The van der Waals surface area contributed by atoms with Crippen molar-refractivity contribution < 1.29 is 14.3 Å². The highest BCUT2D eigenvalue weighted by Gasteiger charge is 2.19. The maximum absolute atomic E-state index is 12.5. The van der Waals surface area contributed by atoms with Crippen LogP contribution in [0.3, 0.4) is 0 Å². The average Bonchev–Trinajstić information content (AvgIpc) is 2.78. The molecule has 0 radical (unpaired) electrons. The molecular weight excluding hydrogens is 368 g/mol. The first kappa shape index (κ1) is 20.5. The molecule has 1 aliphatic heterocycles. The Balaban J connectivity index is 1.62. The lowest BCUT2D eigenvalue weighted by atomic mass is 10.2. The molecule has 1 aliphatic rings. The fourth-order valence-corrected chi connectivity index (χ4v) is 3.35. The molecule has 2 aromatic carbocycles. The van der Waals surface area contributed by atoms with E-state index < -0.39 is 0 Å². The molecule has 152 valence electrons. The highest BCUT2D eigenvalue weighted by atomic mass is 16.5. The summed E-state index contributed by atoms with van der Waals surface area (Å²) in [5.41, 5.74) is 2.26. The lowest BCUT2D eigenvalue weighted by Crippen LogP contribution is -2.46. The van der Waals surface area contributed by atoms with Crippen LogP contribution in [-0.2, 0) is 4.79 Å². The van der Waals surface area contributed by atoms with Gasteiger partial charge in [-0.3, -0.25) is 4.79 Å². The fraction of sp³-hybridized carbons (Fsp3) is 0.364.